The third-order valence-corrected chi connectivity index (χ3v) is 2.90. The molecular weight excluding hydrogens is 259 g/mol. The summed E-state index contributed by atoms with van der Waals surface area (Å²) < 4.78 is 17.8. The van der Waals surface area contributed by atoms with Gasteiger partial charge in [0, 0.05) is 33.2 Å². The van der Waals surface area contributed by atoms with Crippen molar-refractivity contribution in [2.45, 2.75) is 20.3 Å². The summed E-state index contributed by atoms with van der Waals surface area (Å²) >= 11 is 0. The molecule has 0 atom stereocenters. The minimum absolute atomic E-state index is 0.0591. The Bertz CT molecular complexity index is 407. The first kappa shape index (κ1) is 16.7. The normalized spacial score (nSPS) is 11.3. The molecule has 5 heteroatoms. The standard InChI is InChI=1S/C15H23FN2O2/c1-12(2)11-18(8-9-20-3)7-6-15(19)14-5-4-13(16)10-17-14/h4-5,10,12H,6-9,11H2,1-3H3. The number of halogens is 1. The molecule has 1 aromatic rings. The monoisotopic (exact) mass is 282 g/mol. The lowest BCUT2D eigenvalue weighted by Gasteiger charge is -2.23. The van der Waals surface area contributed by atoms with E-state index in [1.165, 1.54) is 12.1 Å². The van der Waals surface area contributed by atoms with E-state index in [1.807, 2.05) is 0 Å². The Kier molecular flexibility index (Phi) is 7.33. The number of carbonyl (C=O) groups excluding carboxylic acids is 1. The number of nitrogens with zero attached hydrogens (tertiary/aromatic N) is 2. The summed E-state index contributed by atoms with van der Waals surface area (Å²) in [5.41, 5.74) is 0.322. The first-order valence-corrected chi connectivity index (χ1v) is 6.89. The third kappa shape index (κ3) is 6.21. The fraction of sp³-hybridized carbons (Fsp3) is 0.600. The number of aromatic nitrogens is 1. The Morgan fingerprint density at radius 3 is 2.70 bits per heavy atom. The van der Waals surface area contributed by atoms with E-state index in [9.17, 15) is 9.18 Å². The van der Waals surface area contributed by atoms with Crippen molar-refractivity contribution < 1.29 is 13.9 Å². The van der Waals surface area contributed by atoms with Gasteiger partial charge in [-0.1, -0.05) is 13.8 Å². The van der Waals surface area contributed by atoms with Gasteiger partial charge in [0.25, 0.3) is 0 Å². The van der Waals surface area contributed by atoms with Crippen LogP contribution in [0.25, 0.3) is 0 Å². The number of hydrogen-bond acceptors (Lipinski definition) is 4. The second-order valence-corrected chi connectivity index (χ2v) is 5.22. The predicted octanol–water partition coefficient (Wildman–Crippen LogP) is 2.40. The molecule has 0 bridgehead atoms. The van der Waals surface area contributed by atoms with Gasteiger partial charge in [0.2, 0.25) is 0 Å². The molecule has 112 valence electrons. The summed E-state index contributed by atoms with van der Waals surface area (Å²) in [6.45, 7) is 7.33. The largest absolute Gasteiger partial charge is 0.383 e. The van der Waals surface area contributed by atoms with Crippen LogP contribution in [-0.2, 0) is 4.74 Å². The predicted molar refractivity (Wildman–Crippen MR) is 76.3 cm³/mol. The van der Waals surface area contributed by atoms with Crippen molar-refractivity contribution in [3.63, 3.8) is 0 Å². The Hall–Kier alpha value is -1.33. The van der Waals surface area contributed by atoms with Crippen LogP contribution in [0.5, 0.6) is 0 Å². The molecule has 1 rings (SSSR count). The third-order valence-electron chi connectivity index (χ3n) is 2.90. The van der Waals surface area contributed by atoms with Crippen LogP contribution < -0.4 is 0 Å². The van der Waals surface area contributed by atoms with Crippen molar-refractivity contribution in [1.82, 2.24) is 9.88 Å². The van der Waals surface area contributed by atoms with Gasteiger partial charge in [-0.3, -0.25) is 9.78 Å². The molecule has 20 heavy (non-hydrogen) atoms. The van der Waals surface area contributed by atoms with Gasteiger partial charge in [-0.15, -0.1) is 0 Å². The number of hydrogen-bond donors (Lipinski definition) is 0. The Morgan fingerprint density at radius 2 is 2.15 bits per heavy atom. The maximum absolute atomic E-state index is 12.8. The smallest absolute Gasteiger partial charge is 0.182 e. The fourth-order valence-electron chi connectivity index (χ4n) is 1.96. The quantitative estimate of drug-likeness (QED) is 0.652. The summed E-state index contributed by atoms with van der Waals surface area (Å²) in [5, 5.41) is 0. The number of rotatable bonds is 9. The zero-order chi connectivity index (χ0) is 15.0. The minimum atomic E-state index is -0.428. The van der Waals surface area contributed by atoms with E-state index in [2.05, 4.69) is 23.7 Å². The zero-order valence-electron chi connectivity index (χ0n) is 12.4. The van der Waals surface area contributed by atoms with Gasteiger partial charge in [-0.05, 0) is 18.1 Å². The van der Waals surface area contributed by atoms with Crippen LogP contribution in [0, 0.1) is 11.7 Å². The Labute approximate surface area is 120 Å². The molecule has 4 nitrogen and oxygen atoms in total. The SMILES string of the molecule is COCCN(CCC(=O)c1ccc(F)cn1)CC(C)C. The lowest BCUT2D eigenvalue weighted by molar-refractivity contribution is 0.0937. The summed E-state index contributed by atoms with van der Waals surface area (Å²) in [6, 6.07) is 2.69. The lowest BCUT2D eigenvalue weighted by atomic mass is 10.1. The molecule has 0 aliphatic rings. The van der Waals surface area contributed by atoms with Crippen LogP contribution in [0.15, 0.2) is 18.3 Å². The molecule has 0 N–H and O–H groups in total. The van der Waals surface area contributed by atoms with Crippen molar-refractivity contribution in [2.75, 3.05) is 33.4 Å². The summed E-state index contributed by atoms with van der Waals surface area (Å²) in [6.07, 6.45) is 1.46. The number of pyridine rings is 1. The molecule has 0 amide bonds. The number of ether oxygens (including phenoxy) is 1. The van der Waals surface area contributed by atoms with Gasteiger partial charge in [0.05, 0.1) is 12.8 Å². The van der Waals surface area contributed by atoms with Gasteiger partial charge in [0.15, 0.2) is 5.78 Å². The van der Waals surface area contributed by atoms with E-state index in [0.29, 0.717) is 31.2 Å². The summed E-state index contributed by atoms with van der Waals surface area (Å²) in [7, 11) is 1.67. The highest BCUT2D eigenvalue weighted by atomic mass is 19.1. The van der Waals surface area contributed by atoms with E-state index >= 15 is 0 Å². The van der Waals surface area contributed by atoms with Gasteiger partial charge in [0.1, 0.15) is 11.5 Å². The van der Waals surface area contributed by atoms with Crippen molar-refractivity contribution in [2.24, 2.45) is 5.92 Å². The van der Waals surface area contributed by atoms with Crippen molar-refractivity contribution in [3.05, 3.63) is 29.8 Å². The first-order chi connectivity index (χ1) is 9.52. The molecule has 0 saturated carbocycles. The molecule has 0 aliphatic heterocycles. The molecular formula is C15H23FN2O2. The Morgan fingerprint density at radius 1 is 1.40 bits per heavy atom. The van der Waals surface area contributed by atoms with Crippen LogP contribution in [0.1, 0.15) is 30.8 Å². The van der Waals surface area contributed by atoms with Gasteiger partial charge in [-0.25, -0.2) is 4.39 Å². The summed E-state index contributed by atoms with van der Waals surface area (Å²) in [5.74, 6) is 0.0464. The highest BCUT2D eigenvalue weighted by Gasteiger charge is 2.12. The lowest BCUT2D eigenvalue weighted by Crippen LogP contribution is -2.33. The van der Waals surface area contributed by atoms with Crippen LogP contribution in [-0.4, -0.2) is 49.0 Å². The molecule has 0 saturated heterocycles. The number of Topliss-reactive ketones (excluding diaryl/α,β-unsaturated/α-hetero) is 1. The molecule has 0 aliphatic carbocycles. The fourth-order valence-corrected chi connectivity index (χ4v) is 1.96. The number of ketones is 1. The van der Waals surface area contributed by atoms with Gasteiger partial charge >= 0.3 is 0 Å². The zero-order valence-corrected chi connectivity index (χ0v) is 12.4. The van der Waals surface area contributed by atoms with Crippen molar-refractivity contribution in [3.8, 4) is 0 Å². The van der Waals surface area contributed by atoms with Crippen LogP contribution >= 0.6 is 0 Å². The second kappa shape index (κ2) is 8.76. The van der Waals surface area contributed by atoms with Gasteiger partial charge in [-0.2, -0.15) is 0 Å². The maximum Gasteiger partial charge on any atom is 0.182 e. The topological polar surface area (TPSA) is 42.4 Å². The highest BCUT2D eigenvalue weighted by molar-refractivity contribution is 5.94. The number of carbonyl (C=O) groups is 1. The van der Waals surface area contributed by atoms with Crippen LogP contribution in [0.3, 0.4) is 0 Å². The summed E-state index contributed by atoms with van der Waals surface area (Å²) in [4.78, 5) is 18.0. The van der Waals surface area contributed by atoms with Gasteiger partial charge < -0.3 is 9.64 Å². The van der Waals surface area contributed by atoms with Crippen molar-refractivity contribution in [1.29, 1.82) is 0 Å². The molecule has 0 spiro atoms. The average Bonchev–Trinajstić information content (AvgIpc) is 2.41. The molecule has 0 aromatic carbocycles. The van der Waals surface area contributed by atoms with E-state index in [-0.39, 0.29) is 5.78 Å². The molecule has 0 unspecified atom stereocenters. The van der Waals surface area contributed by atoms with Crippen LogP contribution in [0.4, 0.5) is 4.39 Å². The molecule has 0 fully saturated rings. The Balaban J connectivity index is 2.48. The first-order valence-electron chi connectivity index (χ1n) is 6.89. The van der Waals surface area contributed by atoms with E-state index in [1.54, 1.807) is 7.11 Å². The molecule has 1 heterocycles. The molecule has 1 aromatic heterocycles. The minimum Gasteiger partial charge on any atom is -0.383 e. The maximum atomic E-state index is 12.8. The average molecular weight is 282 g/mol. The molecule has 0 radical (unpaired) electrons. The number of methoxy groups -OCH3 is 1. The van der Waals surface area contributed by atoms with E-state index < -0.39 is 5.82 Å². The van der Waals surface area contributed by atoms with Crippen molar-refractivity contribution >= 4 is 5.78 Å². The highest BCUT2D eigenvalue weighted by Crippen LogP contribution is 2.05. The van der Waals surface area contributed by atoms with Crippen LogP contribution in [0.2, 0.25) is 0 Å². The van der Waals surface area contributed by atoms with E-state index in [4.69, 9.17) is 4.74 Å². The second-order valence-electron chi connectivity index (χ2n) is 5.22. The van der Waals surface area contributed by atoms with E-state index in [0.717, 1.165) is 19.3 Å².